The van der Waals surface area contributed by atoms with Crippen LogP contribution in [0.3, 0.4) is 0 Å². The van der Waals surface area contributed by atoms with Gasteiger partial charge in [0, 0.05) is 24.6 Å². The van der Waals surface area contributed by atoms with Gasteiger partial charge < -0.3 is 11.1 Å². The molecule has 0 atom stereocenters. The van der Waals surface area contributed by atoms with Crippen molar-refractivity contribution in [3.05, 3.63) is 24.0 Å². The summed E-state index contributed by atoms with van der Waals surface area (Å²) < 4.78 is 13.0. The molecule has 1 saturated heterocycles. The second-order valence-corrected chi connectivity index (χ2v) is 5.39. The van der Waals surface area contributed by atoms with E-state index >= 15 is 0 Å². The number of carbonyl (C=O) groups excluding carboxylic acids is 1. The van der Waals surface area contributed by atoms with Gasteiger partial charge in [0.1, 0.15) is 5.82 Å². The molecule has 1 aliphatic rings. The predicted molar refractivity (Wildman–Crippen MR) is 73.2 cm³/mol. The van der Waals surface area contributed by atoms with E-state index in [0.29, 0.717) is 17.9 Å². The molecular weight excluding hydrogens is 253 g/mol. The first kappa shape index (κ1) is 13.2. The van der Waals surface area contributed by atoms with Gasteiger partial charge in [-0.3, -0.25) is 9.69 Å². The Hall–Kier alpha value is -1.27. The highest BCUT2D eigenvalue weighted by molar-refractivity contribution is 7.99. The summed E-state index contributed by atoms with van der Waals surface area (Å²) in [6, 6.07) is 3.95. The number of anilines is 2. The van der Waals surface area contributed by atoms with Gasteiger partial charge in [0.05, 0.1) is 17.9 Å². The molecule has 1 aromatic carbocycles. The van der Waals surface area contributed by atoms with E-state index in [1.807, 2.05) is 11.8 Å². The molecule has 0 unspecified atom stereocenters. The number of nitrogens with two attached hydrogens (primary N) is 1. The molecular formula is C12H16FN3OS. The fraction of sp³-hybridized carbons (Fsp3) is 0.417. The lowest BCUT2D eigenvalue weighted by molar-refractivity contribution is -0.117. The number of amides is 1. The van der Waals surface area contributed by atoms with Gasteiger partial charge >= 0.3 is 0 Å². The summed E-state index contributed by atoms with van der Waals surface area (Å²) >= 11 is 1.89. The molecule has 1 amide bonds. The Morgan fingerprint density at radius 2 is 2.17 bits per heavy atom. The molecule has 1 fully saturated rings. The summed E-state index contributed by atoms with van der Waals surface area (Å²) in [5.74, 6) is 1.54. The van der Waals surface area contributed by atoms with Crippen molar-refractivity contribution in [2.45, 2.75) is 0 Å². The minimum atomic E-state index is -0.408. The van der Waals surface area contributed by atoms with Gasteiger partial charge in [0.15, 0.2) is 0 Å². The van der Waals surface area contributed by atoms with E-state index in [-0.39, 0.29) is 5.91 Å². The summed E-state index contributed by atoms with van der Waals surface area (Å²) in [7, 11) is 0. The molecule has 18 heavy (non-hydrogen) atoms. The number of rotatable bonds is 3. The maximum Gasteiger partial charge on any atom is 0.238 e. The number of carbonyl (C=O) groups is 1. The monoisotopic (exact) mass is 269 g/mol. The number of nitrogens with zero attached hydrogens (tertiary/aromatic N) is 1. The second-order valence-electron chi connectivity index (χ2n) is 4.17. The average molecular weight is 269 g/mol. The van der Waals surface area contributed by atoms with Crippen molar-refractivity contribution >= 4 is 29.0 Å². The standard InChI is InChI=1S/C12H16FN3OS/c13-9-1-2-10(14)11(7-9)15-12(17)8-16-3-5-18-6-4-16/h1-2,7H,3-6,8,14H2,(H,15,17). The second kappa shape index (κ2) is 6.06. The van der Waals surface area contributed by atoms with Crippen LogP contribution in [-0.2, 0) is 4.79 Å². The van der Waals surface area contributed by atoms with Crippen LogP contribution in [0.1, 0.15) is 0 Å². The molecule has 4 nitrogen and oxygen atoms in total. The minimum Gasteiger partial charge on any atom is -0.397 e. The normalized spacial score (nSPS) is 16.5. The number of hydrogen-bond donors (Lipinski definition) is 2. The third-order valence-electron chi connectivity index (χ3n) is 2.76. The van der Waals surface area contributed by atoms with Crippen LogP contribution < -0.4 is 11.1 Å². The maximum atomic E-state index is 13.0. The van der Waals surface area contributed by atoms with E-state index in [0.717, 1.165) is 24.6 Å². The predicted octanol–water partition coefficient (Wildman–Crippen LogP) is 1.40. The van der Waals surface area contributed by atoms with E-state index in [2.05, 4.69) is 10.2 Å². The van der Waals surface area contributed by atoms with Crippen molar-refractivity contribution in [1.29, 1.82) is 0 Å². The number of nitrogen functional groups attached to an aromatic ring is 1. The lowest BCUT2D eigenvalue weighted by Crippen LogP contribution is -2.38. The molecule has 0 saturated carbocycles. The minimum absolute atomic E-state index is 0.154. The van der Waals surface area contributed by atoms with Crippen LogP contribution in [0.2, 0.25) is 0 Å². The Morgan fingerprint density at radius 1 is 1.44 bits per heavy atom. The molecule has 98 valence electrons. The van der Waals surface area contributed by atoms with Crippen LogP contribution in [0.15, 0.2) is 18.2 Å². The molecule has 0 bridgehead atoms. The Labute approximate surface area is 110 Å². The fourth-order valence-electron chi connectivity index (χ4n) is 1.79. The Kier molecular flexibility index (Phi) is 4.43. The number of hydrogen-bond acceptors (Lipinski definition) is 4. The Balaban J connectivity index is 1.92. The quantitative estimate of drug-likeness (QED) is 0.814. The number of halogens is 1. The van der Waals surface area contributed by atoms with Crippen molar-refractivity contribution in [1.82, 2.24) is 4.90 Å². The smallest absolute Gasteiger partial charge is 0.238 e. The summed E-state index contributed by atoms with van der Waals surface area (Å²) in [4.78, 5) is 13.9. The SMILES string of the molecule is Nc1ccc(F)cc1NC(=O)CN1CCSCC1. The van der Waals surface area contributed by atoms with E-state index in [4.69, 9.17) is 5.73 Å². The van der Waals surface area contributed by atoms with E-state index in [1.54, 1.807) is 0 Å². The molecule has 2 rings (SSSR count). The first-order valence-corrected chi connectivity index (χ1v) is 6.95. The van der Waals surface area contributed by atoms with Crippen molar-refractivity contribution < 1.29 is 9.18 Å². The third kappa shape index (κ3) is 3.61. The molecule has 0 radical (unpaired) electrons. The maximum absolute atomic E-state index is 13.0. The number of thioether (sulfide) groups is 1. The Morgan fingerprint density at radius 3 is 2.89 bits per heavy atom. The molecule has 0 aromatic heterocycles. The van der Waals surface area contributed by atoms with Crippen LogP contribution in [0.25, 0.3) is 0 Å². The van der Waals surface area contributed by atoms with E-state index in [9.17, 15) is 9.18 Å². The van der Waals surface area contributed by atoms with Crippen LogP contribution in [0, 0.1) is 5.82 Å². The zero-order chi connectivity index (χ0) is 13.0. The van der Waals surface area contributed by atoms with Crippen LogP contribution in [0.5, 0.6) is 0 Å². The van der Waals surface area contributed by atoms with Crippen LogP contribution >= 0.6 is 11.8 Å². The van der Waals surface area contributed by atoms with Crippen molar-refractivity contribution in [2.24, 2.45) is 0 Å². The topological polar surface area (TPSA) is 58.4 Å². The lowest BCUT2D eigenvalue weighted by atomic mass is 10.2. The highest BCUT2D eigenvalue weighted by Crippen LogP contribution is 2.19. The summed E-state index contributed by atoms with van der Waals surface area (Å²) in [6.07, 6.45) is 0. The third-order valence-corrected chi connectivity index (χ3v) is 3.70. The average Bonchev–Trinajstić information content (AvgIpc) is 2.35. The fourth-order valence-corrected chi connectivity index (χ4v) is 2.77. The number of nitrogens with one attached hydrogen (secondary N) is 1. The summed E-state index contributed by atoms with van der Waals surface area (Å²) in [6.45, 7) is 2.16. The largest absolute Gasteiger partial charge is 0.397 e. The molecule has 1 aliphatic heterocycles. The lowest BCUT2D eigenvalue weighted by Gasteiger charge is -2.25. The highest BCUT2D eigenvalue weighted by atomic mass is 32.2. The zero-order valence-corrected chi connectivity index (χ0v) is 10.8. The first-order chi connectivity index (χ1) is 8.65. The number of benzene rings is 1. The highest BCUT2D eigenvalue weighted by Gasteiger charge is 2.14. The van der Waals surface area contributed by atoms with Gasteiger partial charge in [-0.1, -0.05) is 0 Å². The van der Waals surface area contributed by atoms with Crippen molar-refractivity contribution in [3.63, 3.8) is 0 Å². The molecule has 1 aromatic rings. The molecule has 6 heteroatoms. The van der Waals surface area contributed by atoms with Gasteiger partial charge in [-0.15, -0.1) is 0 Å². The Bertz CT molecular complexity index is 435. The van der Waals surface area contributed by atoms with Crippen LogP contribution in [0.4, 0.5) is 15.8 Å². The zero-order valence-electron chi connectivity index (χ0n) is 9.99. The van der Waals surface area contributed by atoms with Gasteiger partial charge in [0.2, 0.25) is 5.91 Å². The van der Waals surface area contributed by atoms with Crippen LogP contribution in [-0.4, -0.2) is 41.9 Å². The molecule has 1 heterocycles. The van der Waals surface area contributed by atoms with Crippen molar-refractivity contribution in [2.75, 3.05) is 42.2 Å². The van der Waals surface area contributed by atoms with Gasteiger partial charge in [-0.2, -0.15) is 11.8 Å². The van der Waals surface area contributed by atoms with Crippen molar-refractivity contribution in [3.8, 4) is 0 Å². The summed E-state index contributed by atoms with van der Waals surface area (Å²) in [5.41, 5.74) is 6.39. The molecule has 0 spiro atoms. The van der Waals surface area contributed by atoms with E-state index in [1.165, 1.54) is 18.2 Å². The molecule has 3 N–H and O–H groups in total. The summed E-state index contributed by atoms with van der Waals surface area (Å²) in [5, 5.41) is 2.65. The van der Waals surface area contributed by atoms with Gasteiger partial charge in [0.25, 0.3) is 0 Å². The molecule has 0 aliphatic carbocycles. The van der Waals surface area contributed by atoms with E-state index < -0.39 is 5.82 Å². The van der Waals surface area contributed by atoms with Gasteiger partial charge in [-0.25, -0.2) is 4.39 Å². The van der Waals surface area contributed by atoms with Gasteiger partial charge in [-0.05, 0) is 18.2 Å². The first-order valence-electron chi connectivity index (χ1n) is 5.80.